The van der Waals surface area contributed by atoms with E-state index < -0.39 is 11.4 Å². The van der Waals surface area contributed by atoms with Gasteiger partial charge < -0.3 is 10.6 Å². The van der Waals surface area contributed by atoms with E-state index in [0.29, 0.717) is 29.3 Å². The van der Waals surface area contributed by atoms with Crippen LogP contribution in [0, 0.1) is 5.82 Å². The molecule has 2 N–H and O–H groups in total. The zero-order valence-corrected chi connectivity index (χ0v) is 19.0. The molecule has 0 spiro atoms. The molecule has 0 bridgehead atoms. The number of rotatable bonds is 6. The summed E-state index contributed by atoms with van der Waals surface area (Å²) in [5, 5.41) is 6.53. The fourth-order valence-electron chi connectivity index (χ4n) is 3.78. The van der Waals surface area contributed by atoms with Crippen molar-refractivity contribution in [1.29, 1.82) is 0 Å². The van der Waals surface area contributed by atoms with Crippen LogP contribution in [0.25, 0.3) is 16.6 Å². The molecule has 2 heterocycles. The Morgan fingerprint density at radius 1 is 1.29 bits per heavy atom. The van der Waals surface area contributed by atoms with Crippen molar-refractivity contribution >= 4 is 16.7 Å². The lowest BCUT2D eigenvalue weighted by Gasteiger charge is -2.24. The van der Waals surface area contributed by atoms with Crippen LogP contribution < -0.4 is 16.2 Å². The Balaban J connectivity index is 1.92. The summed E-state index contributed by atoms with van der Waals surface area (Å²) in [6.07, 6.45) is 5.55. The predicted molar refractivity (Wildman–Crippen MR) is 133 cm³/mol. The van der Waals surface area contributed by atoms with Gasteiger partial charge in [-0.25, -0.2) is 14.4 Å². The van der Waals surface area contributed by atoms with E-state index in [1.165, 1.54) is 16.8 Å². The normalized spacial score (nSPS) is 15.1. The highest BCUT2D eigenvalue weighted by atomic mass is 19.1. The number of nitrogens with zero attached hydrogens (tertiary/aromatic N) is 3. The van der Waals surface area contributed by atoms with Crippen LogP contribution >= 0.6 is 0 Å². The van der Waals surface area contributed by atoms with Gasteiger partial charge in [-0.3, -0.25) is 9.36 Å². The Morgan fingerprint density at radius 2 is 2.09 bits per heavy atom. The second kappa shape index (κ2) is 10.0. The summed E-state index contributed by atoms with van der Waals surface area (Å²) in [5.41, 5.74) is 7.77. The molecular formula is C27H24FN5O. The predicted octanol–water partition coefficient (Wildman–Crippen LogP) is 4.81. The minimum atomic E-state index is -0.593. The lowest BCUT2D eigenvalue weighted by atomic mass is 10.1. The van der Waals surface area contributed by atoms with Gasteiger partial charge in [-0.05, 0) is 37.6 Å². The summed E-state index contributed by atoms with van der Waals surface area (Å²) in [7, 11) is 0. The van der Waals surface area contributed by atoms with Crippen molar-refractivity contribution in [3.05, 3.63) is 118 Å². The van der Waals surface area contributed by atoms with Crippen LogP contribution in [0.4, 0.5) is 4.39 Å². The van der Waals surface area contributed by atoms with Crippen molar-refractivity contribution in [2.24, 2.45) is 4.99 Å². The van der Waals surface area contributed by atoms with Crippen LogP contribution in [-0.2, 0) is 0 Å². The number of hydrogen-bond donors (Lipinski definition) is 2. The third-order valence-electron chi connectivity index (χ3n) is 5.50. The van der Waals surface area contributed by atoms with Gasteiger partial charge in [0.05, 0.1) is 23.4 Å². The second-order valence-corrected chi connectivity index (χ2v) is 7.63. The minimum absolute atomic E-state index is 0.0347. The summed E-state index contributed by atoms with van der Waals surface area (Å²) < 4.78 is 16.1. The smallest absolute Gasteiger partial charge is 0.269 e. The number of nitrogens with one attached hydrogen (secondary N) is 2. The van der Waals surface area contributed by atoms with Crippen LogP contribution in [0.15, 0.2) is 106 Å². The molecule has 0 saturated heterocycles. The maximum absolute atomic E-state index is 14.6. The number of benzene rings is 2. The third kappa shape index (κ3) is 4.39. The van der Waals surface area contributed by atoms with Crippen LogP contribution in [0.5, 0.6) is 0 Å². The highest BCUT2D eigenvalue weighted by molar-refractivity contribution is 6.00. The molecule has 34 heavy (non-hydrogen) atoms. The molecule has 1 aromatic heterocycles. The fourth-order valence-corrected chi connectivity index (χ4v) is 3.78. The van der Waals surface area contributed by atoms with E-state index in [2.05, 4.69) is 33.7 Å². The molecule has 0 saturated carbocycles. The molecule has 2 aromatic carbocycles. The first-order valence-electron chi connectivity index (χ1n) is 10.9. The first kappa shape index (κ1) is 22.7. The van der Waals surface area contributed by atoms with Crippen LogP contribution in [0.2, 0.25) is 0 Å². The lowest BCUT2D eigenvalue weighted by molar-refractivity contribution is 0.535. The maximum atomic E-state index is 14.6. The summed E-state index contributed by atoms with van der Waals surface area (Å²) >= 11 is 0. The number of para-hydroxylation sites is 1. The second-order valence-electron chi connectivity index (χ2n) is 7.63. The molecule has 6 nitrogen and oxygen atoms in total. The van der Waals surface area contributed by atoms with Gasteiger partial charge in [-0.2, -0.15) is 0 Å². The van der Waals surface area contributed by atoms with Gasteiger partial charge in [0.25, 0.3) is 5.56 Å². The molecule has 170 valence electrons. The topological polar surface area (TPSA) is 71.3 Å². The largest absolute Gasteiger partial charge is 0.374 e. The average Bonchev–Trinajstić information content (AvgIpc) is 3.02. The summed E-state index contributed by atoms with van der Waals surface area (Å²) in [6.45, 7) is 7.46. The molecule has 0 aliphatic carbocycles. The Hall–Kier alpha value is -4.44. The lowest BCUT2D eigenvalue weighted by Crippen LogP contribution is -2.32. The molecule has 3 aromatic rings. The molecule has 1 atom stereocenters. The highest BCUT2D eigenvalue weighted by Crippen LogP contribution is 2.23. The van der Waals surface area contributed by atoms with Gasteiger partial charge in [0, 0.05) is 23.5 Å². The van der Waals surface area contributed by atoms with Gasteiger partial charge >= 0.3 is 0 Å². The van der Waals surface area contributed by atoms with Gasteiger partial charge in [0.2, 0.25) is 0 Å². The Kier molecular flexibility index (Phi) is 6.69. The maximum Gasteiger partial charge on any atom is 0.269 e. The summed E-state index contributed by atoms with van der Waals surface area (Å²) in [5.74, 6) is 0.504. The number of hydrogen-bond acceptors (Lipinski definition) is 4. The molecular weight excluding hydrogens is 429 g/mol. The molecule has 7 heteroatoms. The van der Waals surface area contributed by atoms with Crippen LogP contribution in [-0.4, -0.2) is 15.4 Å². The van der Waals surface area contributed by atoms with Crippen molar-refractivity contribution in [2.45, 2.75) is 26.3 Å². The van der Waals surface area contributed by atoms with Gasteiger partial charge in [0.15, 0.2) is 0 Å². The number of aliphatic imine (C=N–C) groups is 1. The van der Waals surface area contributed by atoms with E-state index in [1.807, 2.05) is 32.0 Å². The standard InChI is InChI=1S/C27H24FN5O/c1-4-16-29-25-18(3)22(15-10-17-30-25)31-21(5-2)26-32-23-14-9-13-20(28)24(23)27(34)33(26)19-11-7-6-8-12-19/h6-9,11-17,21,31H,1,5H2,2-3H3,(H,29,30). The molecule has 0 radical (unpaired) electrons. The summed E-state index contributed by atoms with van der Waals surface area (Å²) in [6, 6.07) is 13.3. The molecule has 0 fully saturated rings. The zero-order valence-electron chi connectivity index (χ0n) is 19.0. The van der Waals surface area contributed by atoms with E-state index in [4.69, 9.17) is 4.98 Å². The number of fused-ring (bicyclic) bond motifs is 1. The van der Waals surface area contributed by atoms with E-state index in [-0.39, 0.29) is 11.4 Å². The molecule has 1 unspecified atom stereocenters. The first-order chi connectivity index (χ1) is 16.5. The fraction of sp³-hybridized carbons (Fsp3) is 0.148. The van der Waals surface area contributed by atoms with Crippen LogP contribution in [0.3, 0.4) is 0 Å². The number of amidine groups is 1. The Bertz CT molecular complexity index is 1470. The number of allylic oxidation sites excluding steroid dienone is 1. The van der Waals surface area contributed by atoms with E-state index >= 15 is 0 Å². The molecule has 1 aliphatic rings. The minimum Gasteiger partial charge on any atom is -0.374 e. The van der Waals surface area contributed by atoms with Gasteiger partial charge in [-0.15, -0.1) is 11.5 Å². The van der Waals surface area contributed by atoms with Crippen molar-refractivity contribution in [3.8, 4) is 5.69 Å². The zero-order chi connectivity index (χ0) is 24.1. The van der Waals surface area contributed by atoms with Crippen molar-refractivity contribution in [3.63, 3.8) is 0 Å². The molecule has 4 rings (SSSR count). The van der Waals surface area contributed by atoms with Crippen molar-refractivity contribution in [1.82, 2.24) is 20.2 Å². The SMILES string of the molecule is C=C=CN=C1NC=C=CC(NC(CC)c2nc3cccc(F)c3c(=O)n2-c2ccccc2)=C1C. The van der Waals surface area contributed by atoms with E-state index in [1.54, 1.807) is 36.5 Å². The first-order valence-corrected chi connectivity index (χ1v) is 10.9. The van der Waals surface area contributed by atoms with E-state index in [0.717, 1.165) is 11.3 Å². The average molecular weight is 454 g/mol. The van der Waals surface area contributed by atoms with E-state index in [9.17, 15) is 9.18 Å². The Labute approximate surface area is 196 Å². The monoisotopic (exact) mass is 453 g/mol. The van der Waals surface area contributed by atoms with Gasteiger partial charge in [-0.1, -0.05) is 37.8 Å². The quantitative estimate of drug-likeness (QED) is 0.526. The van der Waals surface area contributed by atoms with Crippen molar-refractivity contribution < 1.29 is 4.39 Å². The van der Waals surface area contributed by atoms with Crippen LogP contribution in [0.1, 0.15) is 32.1 Å². The third-order valence-corrected chi connectivity index (χ3v) is 5.50. The Morgan fingerprint density at radius 3 is 2.82 bits per heavy atom. The highest BCUT2D eigenvalue weighted by Gasteiger charge is 2.23. The number of halogens is 1. The number of aromatic nitrogens is 2. The molecule has 0 amide bonds. The molecule has 1 aliphatic heterocycles. The van der Waals surface area contributed by atoms with Gasteiger partial charge in [0.1, 0.15) is 22.9 Å². The summed E-state index contributed by atoms with van der Waals surface area (Å²) in [4.78, 5) is 22.6. The van der Waals surface area contributed by atoms with Crippen molar-refractivity contribution in [2.75, 3.05) is 0 Å².